The van der Waals surface area contributed by atoms with Crippen LogP contribution in [0.2, 0.25) is 0 Å². The summed E-state index contributed by atoms with van der Waals surface area (Å²) in [7, 11) is 0. The van der Waals surface area contributed by atoms with Crippen molar-refractivity contribution in [3.05, 3.63) is 0 Å². The van der Waals surface area contributed by atoms with Gasteiger partial charge in [-0.25, -0.2) is 0 Å². The molecule has 0 heterocycles. The molecule has 87 valence electrons. The molecule has 0 aliphatic rings. The zero-order valence-electron chi connectivity index (χ0n) is 9.38. The van der Waals surface area contributed by atoms with Crippen molar-refractivity contribution in [2.24, 2.45) is 0 Å². The second-order valence-electron chi connectivity index (χ2n) is 2.80. The van der Waals surface area contributed by atoms with Crippen LogP contribution in [0, 0.1) is 0 Å². The number of halogens is 1. The van der Waals surface area contributed by atoms with Crippen molar-refractivity contribution in [3.63, 3.8) is 0 Å². The van der Waals surface area contributed by atoms with Crippen LogP contribution in [0.3, 0.4) is 0 Å². The predicted molar refractivity (Wildman–Crippen MR) is 56.0 cm³/mol. The van der Waals surface area contributed by atoms with Gasteiger partial charge in [0.05, 0.1) is 0 Å². The zero-order valence-corrected chi connectivity index (χ0v) is 11.8. The number of hydrogen-bond acceptors (Lipinski definition) is 3. The molecule has 3 nitrogen and oxygen atoms in total. The number of hydrogen-bond donors (Lipinski definition) is 0. The quantitative estimate of drug-likeness (QED) is 0.597. The summed E-state index contributed by atoms with van der Waals surface area (Å²) in [6.45, 7) is 8.58. The summed E-state index contributed by atoms with van der Waals surface area (Å²) in [6.07, 6.45) is 3.09. The van der Waals surface area contributed by atoms with Crippen molar-refractivity contribution >= 4 is 12.4 Å². The van der Waals surface area contributed by atoms with Crippen LogP contribution in [0.5, 0.6) is 0 Å². The van der Waals surface area contributed by atoms with E-state index in [1.54, 1.807) is 0 Å². The van der Waals surface area contributed by atoms with Gasteiger partial charge in [-0.05, 0) is 0 Å². The topological polar surface area (TPSA) is 27.7 Å². The molecule has 0 amide bonds. The Labute approximate surface area is 101 Å². The van der Waals surface area contributed by atoms with Crippen LogP contribution < -0.4 is 0 Å². The molecule has 0 spiro atoms. The summed E-state index contributed by atoms with van der Waals surface area (Å²) < 4.78 is 16.6. The van der Waals surface area contributed by atoms with Gasteiger partial charge in [0.1, 0.15) is 0 Å². The van der Waals surface area contributed by atoms with Gasteiger partial charge in [0, 0.05) is 0 Å². The third kappa shape index (κ3) is 11.0. The van der Waals surface area contributed by atoms with E-state index in [2.05, 4.69) is 20.8 Å². The summed E-state index contributed by atoms with van der Waals surface area (Å²) >= 11 is -2.05. The number of rotatable bonds is 9. The summed E-state index contributed by atoms with van der Waals surface area (Å²) in [6, 6.07) is 0. The molecular weight excluding hydrogens is 239 g/mol. The Morgan fingerprint density at radius 1 is 0.714 bits per heavy atom. The second-order valence-corrected chi connectivity index (χ2v) is 4.93. The van der Waals surface area contributed by atoms with Crippen LogP contribution in [-0.4, -0.2) is 19.8 Å². The summed E-state index contributed by atoms with van der Waals surface area (Å²) in [5, 5.41) is 0. The van der Waals surface area contributed by atoms with Gasteiger partial charge in [0.2, 0.25) is 0 Å². The molecule has 0 aromatic rings. The van der Waals surface area contributed by atoms with Crippen molar-refractivity contribution in [2.45, 2.75) is 40.0 Å². The molecule has 0 unspecified atom stereocenters. The van der Waals surface area contributed by atoms with Crippen molar-refractivity contribution < 1.29 is 29.0 Å². The third-order valence-corrected chi connectivity index (χ3v) is 3.33. The first-order valence-electron chi connectivity index (χ1n) is 5.10. The van der Waals surface area contributed by atoms with Gasteiger partial charge in [0.25, 0.3) is 0 Å². The molecule has 0 saturated heterocycles. The van der Waals surface area contributed by atoms with E-state index in [1.165, 1.54) is 0 Å². The molecular formula is C9H22ClO3Ti. The molecule has 0 N–H and O–H groups in total. The first kappa shape index (κ1) is 17.3. The zero-order chi connectivity index (χ0) is 9.94. The van der Waals surface area contributed by atoms with Crippen LogP contribution in [0.15, 0.2) is 0 Å². The normalized spacial score (nSPS) is 9.64. The monoisotopic (exact) mass is 261 g/mol. The van der Waals surface area contributed by atoms with E-state index in [-0.39, 0.29) is 12.4 Å². The molecule has 5 heteroatoms. The maximum atomic E-state index is 5.52. The minimum atomic E-state index is -2.05. The average Bonchev–Trinajstić information content (AvgIpc) is 2.17. The SMILES string of the molecule is CCC[O][Ti]([O]CCC)[O]CCC.Cl. The Bertz CT molecular complexity index is 87.0. The van der Waals surface area contributed by atoms with E-state index in [9.17, 15) is 0 Å². The van der Waals surface area contributed by atoms with Gasteiger partial charge >= 0.3 is 88.8 Å². The molecule has 0 saturated carbocycles. The predicted octanol–water partition coefficient (Wildman–Crippen LogP) is 3.05. The molecule has 0 aromatic heterocycles. The van der Waals surface area contributed by atoms with Crippen LogP contribution in [0.25, 0.3) is 0 Å². The third-order valence-electron chi connectivity index (χ3n) is 1.27. The van der Waals surface area contributed by atoms with E-state index >= 15 is 0 Å². The van der Waals surface area contributed by atoms with Gasteiger partial charge < -0.3 is 0 Å². The molecule has 0 bridgehead atoms. The Balaban J connectivity index is 0. The van der Waals surface area contributed by atoms with E-state index in [0.29, 0.717) is 0 Å². The second kappa shape index (κ2) is 13.9. The molecule has 0 atom stereocenters. The molecule has 0 aliphatic heterocycles. The van der Waals surface area contributed by atoms with Crippen molar-refractivity contribution in [2.75, 3.05) is 19.8 Å². The first-order chi connectivity index (χ1) is 6.35. The largest absolute Gasteiger partial charge is 0.147 e. The van der Waals surface area contributed by atoms with E-state index in [0.717, 1.165) is 39.1 Å². The Morgan fingerprint density at radius 3 is 1.21 bits per heavy atom. The molecule has 0 radical (unpaired) electrons. The van der Waals surface area contributed by atoms with E-state index < -0.39 is 19.0 Å². The van der Waals surface area contributed by atoms with Crippen molar-refractivity contribution in [1.82, 2.24) is 0 Å². The van der Waals surface area contributed by atoms with Gasteiger partial charge in [-0.3, -0.25) is 0 Å². The van der Waals surface area contributed by atoms with Crippen molar-refractivity contribution in [3.8, 4) is 0 Å². The fourth-order valence-corrected chi connectivity index (χ4v) is 2.81. The smallest absolute Gasteiger partial charge is 0.147 e. The van der Waals surface area contributed by atoms with Gasteiger partial charge in [-0.2, -0.15) is 0 Å². The minimum absolute atomic E-state index is 0. The van der Waals surface area contributed by atoms with E-state index in [1.807, 2.05) is 0 Å². The summed E-state index contributed by atoms with van der Waals surface area (Å²) in [5.74, 6) is 0. The maximum Gasteiger partial charge on any atom is -0.147 e. The molecule has 0 aliphatic carbocycles. The Kier molecular flexibility index (Phi) is 17.1. The van der Waals surface area contributed by atoms with Gasteiger partial charge in [-0.15, -0.1) is 12.4 Å². The van der Waals surface area contributed by atoms with Crippen LogP contribution in [0.1, 0.15) is 40.0 Å². The standard InChI is InChI=1S/3C3H7O.ClH.Ti/c3*1-2-3-4;;/h3*2-3H2,1H3;1H;/q3*-1;;+3. The van der Waals surface area contributed by atoms with Crippen LogP contribution >= 0.6 is 12.4 Å². The van der Waals surface area contributed by atoms with Gasteiger partial charge in [-0.1, -0.05) is 0 Å². The summed E-state index contributed by atoms with van der Waals surface area (Å²) in [5.41, 5.74) is 0. The first-order valence-corrected chi connectivity index (χ1v) is 7.01. The molecule has 0 aromatic carbocycles. The van der Waals surface area contributed by atoms with E-state index in [4.69, 9.17) is 9.96 Å². The molecule has 14 heavy (non-hydrogen) atoms. The van der Waals surface area contributed by atoms with Crippen LogP contribution in [-0.2, 0) is 29.0 Å². The fraction of sp³-hybridized carbons (Fsp3) is 1.00. The minimum Gasteiger partial charge on any atom is -0.147 e. The van der Waals surface area contributed by atoms with Gasteiger partial charge in [0.15, 0.2) is 0 Å². The maximum absolute atomic E-state index is 5.52. The Hall–Kier alpha value is 0.884. The molecule has 0 rings (SSSR count). The Morgan fingerprint density at radius 2 is 1.00 bits per heavy atom. The van der Waals surface area contributed by atoms with Crippen LogP contribution in [0.4, 0.5) is 0 Å². The fourth-order valence-electron chi connectivity index (χ4n) is 0.681. The molecule has 0 fully saturated rings. The summed E-state index contributed by atoms with van der Waals surface area (Å²) in [4.78, 5) is 0. The average molecular weight is 262 g/mol. The van der Waals surface area contributed by atoms with Crippen molar-refractivity contribution in [1.29, 1.82) is 0 Å².